The molecule has 0 radical (unpaired) electrons. The van der Waals surface area contributed by atoms with Gasteiger partial charge < -0.3 is 9.47 Å². The van der Waals surface area contributed by atoms with E-state index in [0.29, 0.717) is 15.9 Å². The van der Waals surface area contributed by atoms with E-state index in [9.17, 15) is 24.5 Å². The normalized spacial score (nSPS) is 10.8. The van der Waals surface area contributed by atoms with Gasteiger partial charge in [-0.3, -0.25) is 24.0 Å². The minimum atomic E-state index is -0.976. The summed E-state index contributed by atoms with van der Waals surface area (Å²) in [4.78, 5) is 45.8. The van der Waals surface area contributed by atoms with E-state index in [1.54, 1.807) is 31.2 Å². The molecule has 0 amide bonds. The van der Waals surface area contributed by atoms with Gasteiger partial charge in [0.15, 0.2) is 6.61 Å². The van der Waals surface area contributed by atoms with Crippen molar-refractivity contribution >= 4 is 23.8 Å². The minimum Gasteiger partial charge on any atom is -0.482 e. The van der Waals surface area contributed by atoms with E-state index in [1.165, 1.54) is 26.2 Å². The number of nitro groups is 1. The molecule has 0 unspecified atom stereocenters. The number of hydrogen-bond acceptors (Lipinski definition) is 7. The second kappa shape index (κ2) is 8.80. The maximum atomic E-state index is 12.1. The third-order valence-electron chi connectivity index (χ3n) is 3.84. The lowest BCUT2D eigenvalue weighted by molar-refractivity contribution is -0.387. The van der Waals surface area contributed by atoms with Crippen molar-refractivity contribution in [2.24, 2.45) is 14.1 Å². The first-order valence-corrected chi connectivity index (χ1v) is 8.27. The fraction of sp³-hybridized carbons (Fsp3) is 0.278. The van der Waals surface area contributed by atoms with Gasteiger partial charge in [-0.15, -0.1) is 0 Å². The van der Waals surface area contributed by atoms with Crippen LogP contribution in [-0.4, -0.2) is 33.2 Å². The van der Waals surface area contributed by atoms with E-state index in [0.717, 1.165) is 4.57 Å². The molecule has 0 bridgehead atoms. The van der Waals surface area contributed by atoms with Crippen molar-refractivity contribution in [1.29, 1.82) is 0 Å². The third kappa shape index (κ3) is 4.53. The largest absolute Gasteiger partial charge is 0.482 e. The first kappa shape index (κ1) is 20.6. The van der Waals surface area contributed by atoms with Crippen LogP contribution in [0.15, 0.2) is 33.9 Å². The molecule has 0 aliphatic heterocycles. The molecule has 0 atom stereocenters. The van der Waals surface area contributed by atoms with E-state index < -0.39 is 27.8 Å². The smallest absolute Gasteiger partial charge is 0.357 e. The first-order valence-electron chi connectivity index (χ1n) is 8.27. The van der Waals surface area contributed by atoms with Crippen LogP contribution < -0.4 is 16.0 Å². The van der Waals surface area contributed by atoms with Crippen molar-refractivity contribution in [2.45, 2.75) is 6.92 Å². The summed E-state index contributed by atoms with van der Waals surface area (Å²) in [7, 11) is 2.53. The summed E-state index contributed by atoms with van der Waals surface area (Å²) in [5.41, 5.74) is -1.80. The molecule has 148 valence electrons. The van der Waals surface area contributed by atoms with Crippen molar-refractivity contribution in [1.82, 2.24) is 9.13 Å². The highest BCUT2D eigenvalue weighted by Crippen LogP contribution is 2.17. The first-order chi connectivity index (χ1) is 13.3. The number of nitrogens with zero attached hydrogens (tertiary/aromatic N) is 3. The number of rotatable bonds is 7. The number of esters is 1. The third-order valence-corrected chi connectivity index (χ3v) is 3.84. The Kier molecular flexibility index (Phi) is 6.48. The van der Waals surface area contributed by atoms with Gasteiger partial charge >= 0.3 is 22.9 Å². The summed E-state index contributed by atoms with van der Waals surface area (Å²) in [5.74, 6) is -0.0393. The van der Waals surface area contributed by atoms with Crippen LogP contribution in [0.5, 0.6) is 5.75 Å². The van der Waals surface area contributed by atoms with Gasteiger partial charge in [-0.1, -0.05) is 18.2 Å². The molecule has 1 aromatic carbocycles. The quantitative estimate of drug-likeness (QED) is 0.395. The average Bonchev–Trinajstić information content (AvgIpc) is 2.67. The highest BCUT2D eigenvalue weighted by molar-refractivity contribution is 5.72. The standard InChI is InChI=1S/C18H19N3O7/c1-4-27-15(22)11-28-13-8-5-12(6-9-13)7-10-14-16(21(25)26)17(23)20(3)18(24)19(14)2/h5-10H,4,11H2,1-3H3. The summed E-state index contributed by atoms with van der Waals surface area (Å²) in [6.45, 7) is 1.75. The zero-order chi connectivity index (χ0) is 20.8. The van der Waals surface area contributed by atoms with Crippen molar-refractivity contribution in [2.75, 3.05) is 13.2 Å². The van der Waals surface area contributed by atoms with Gasteiger partial charge in [-0.05, 0) is 30.7 Å². The topological polar surface area (TPSA) is 123 Å². The van der Waals surface area contributed by atoms with Crippen LogP contribution in [0.3, 0.4) is 0 Å². The lowest BCUT2D eigenvalue weighted by Gasteiger charge is -2.07. The molecule has 1 heterocycles. The summed E-state index contributed by atoms with van der Waals surface area (Å²) < 4.78 is 11.8. The van der Waals surface area contributed by atoms with Crippen LogP contribution in [0.1, 0.15) is 18.2 Å². The number of carbonyl (C=O) groups excluding carboxylic acids is 1. The number of hydrogen-bond donors (Lipinski definition) is 0. The second-order valence-corrected chi connectivity index (χ2v) is 5.69. The monoisotopic (exact) mass is 389 g/mol. The fourth-order valence-electron chi connectivity index (χ4n) is 2.40. The van der Waals surface area contributed by atoms with Gasteiger partial charge in [-0.2, -0.15) is 0 Å². The molecule has 10 heteroatoms. The summed E-state index contributed by atoms with van der Waals surface area (Å²) in [6, 6.07) is 6.52. The number of benzene rings is 1. The molecule has 0 saturated heterocycles. The molecule has 0 fully saturated rings. The molecule has 0 aliphatic carbocycles. The van der Waals surface area contributed by atoms with Crippen molar-refractivity contribution in [3.63, 3.8) is 0 Å². The van der Waals surface area contributed by atoms with Crippen molar-refractivity contribution < 1.29 is 19.2 Å². The second-order valence-electron chi connectivity index (χ2n) is 5.69. The van der Waals surface area contributed by atoms with Crippen molar-refractivity contribution in [3.05, 3.63) is 66.5 Å². The molecule has 1 aromatic heterocycles. The van der Waals surface area contributed by atoms with Crippen LogP contribution in [0.2, 0.25) is 0 Å². The highest BCUT2D eigenvalue weighted by Gasteiger charge is 2.23. The van der Waals surface area contributed by atoms with Crippen LogP contribution in [-0.2, 0) is 23.6 Å². The molecule has 0 N–H and O–H groups in total. The van der Waals surface area contributed by atoms with Gasteiger partial charge in [0.05, 0.1) is 11.5 Å². The van der Waals surface area contributed by atoms with E-state index in [2.05, 4.69) is 0 Å². The fourth-order valence-corrected chi connectivity index (χ4v) is 2.40. The zero-order valence-electron chi connectivity index (χ0n) is 15.6. The maximum Gasteiger partial charge on any atom is 0.357 e. The predicted molar refractivity (Wildman–Crippen MR) is 101 cm³/mol. The Morgan fingerprint density at radius 2 is 1.79 bits per heavy atom. The van der Waals surface area contributed by atoms with Crippen molar-refractivity contribution in [3.8, 4) is 5.75 Å². The van der Waals surface area contributed by atoms with Gasteiger partial charge in [-0.25, -0.2) is 9.59 Å². The SMILES string of the molecule is CCOC(=O)COc1ccc(C=Cc2c([N+](=O)[O-])c(=O)n(C)c(=O)n2C)cc1. The number of carbonyl (C=O) groups is 1. The average molecular weight is 389 g/mol. The van der Waals surface area contributed by atoms with E-state index >= 15 is 0 Å². The molecular weight excluding hydrogens is 370 g/mol. The Morgan fingerprint density at radius 1 is 1.14 bits per heavy atom. The Balaban J connectivity index is 2.27. The lowest BCUT2D eigenvalue weighted by atomic mass is 10.2. The molecule has 0 saturated carbocycles. The Hall–Kier alpha value is -3.69. The summed E-state index contributed by atoms with van der Waals surface area (Å²) in [5, 5.41) is 11.3. The van der Waals surface area contributed by atoms with Crippen LogP contribution in [0.25, 0.3) is 12.2 Å². The van der Waals surface area contributed by atoms with Crippen LogP contribution in [0.4, 0.5) is 5.69 Å². The lowest BCUT2D eigenvalue weighted by Crippen LogP contribution is -2.39. The molecule has 2 rings (SSSR count). The molecule has 28 heavy (non-hydrogen) atoms. The van der Waals surface area contributed by atoms with E-state index in [-0.39, 0.29) is 18.9 Å². The van der Waals surface area contributed by atoms with Gasteiger partial charge in [0.2, 0.25) is 0 Å². The minimum absolute atomic E-state index is 0.110. The van der Waals surface area contributed by atoms with Gasteiger partial charge in [0.1, 0.15) is 11.4 Å². The predicted octanol–water partition coefficient (Wildman–Crippen LogP) is 1.10. The summed E-state index contributed by atoms with van der Waals surface area (Å²) >= 11 is 0. The van der Waals surface area contributed by atoms with Crippen LogP contribution in [0, 0.1) is 10.1 Å². The molecule has 0 aliphatic rings. The van der Waals surface area contributed by atoms with E-state index in [1.807, 2.05) is 0 Å². The zero-order valence-corrected chi connectivity index (χ0v) is 15.6. The molecule has 2 aromatic rings. The summed E-state index contributed by atoms with van der Waals surface area (Å²) in [6.07, 6.45) is 2.85. The molecule has 0 spiro atoms. The van der Waals surface area contributed by atoms with Crippen LogP contribution >= 0.6 is 0 Å². The Morgan fingerprint density at radius 3 is 2.36 bits per heavy atom. The number of aromatic nitrogens is 2. The van der Waals surface area contributed by atoms with Gasteiger partial charge in [0.25, 0.3) is 0 Å². The molecule has 10 nitrogen and oxygen atoms in total. The Bertz CT molecular complexity index is 1030. The number of ether oxygens (including phenoxy) is 2. The van der Waals surface area contributed by atoms with E-state index in [4.69, 9.17) is 9.47 Å². The van der Waals surface area contributed by atoms with Gasteiger partial charge in [0, 0.05) is 14.1 Å². The molecular formula is C18H19N3O7. The maximum absolute atomic E-state index is 12.1. The highest BCUT2D eigenvalue weighted by atomic mass is 16.6. The Labute approximate surface area is 159 Å².